The number of aromatic nitrogens is 2. The molecule has 2 heterocycles. The molecule has 8 nitrogen and oxygen atoms in total. The highest BCUT2D eigenvalue weighted by Crippen LogP contribution is 2.40. The summed E-state index contributed by atoms with van der Waals surface area (Å²) in [4.78, 5) is 20.6. The van der Waals surface area contributed by atoms with Gasteiger partial charge in [-0.05, 0) is 85.7 Å². The third-order valence-electron chi connectivity index (χ3n) is 7.00. The van der Waals surface area contributed by atoms with E-state index in [-0.39, 0.29) is 18.6 Å². The van der Waals surface area contributed by atoms with Crippen LogP contribution in [0.4, 0.5) is 0 Å². The Kier molecular flexibility index (Phi) is 7.04. The molecule has 2 aliphatic rings. The number of carbonyl (C=O) groups is 1. The van der Waals surface area contributed by atoms with E-state index in [2.05, 4.69) is 16.4 Å². The molecule has 2 aromatic carbocycles. The van der Waals surface area contributed by atoms with Gasteiger partial charge in [0.25, 0.3) is 0 Å². The van der Waals surface area contributed by atoms with Gasteiger partial charge in [-0.3, -0.25) is 4.79 Å². The summed E-state index contributed by atoms with van der Waals surface area (Å²) in [5.74, 6) is 1.96. The Balaban J connectivity index is 1.09. The van der Waals surface area contributed by atoms with Gasteiger partial charge in [0, 0.05) is 18.3 Å². The Bertz CT molecular complexity index is 1260. The van der Waals surface area contributed by atoms with E-state index in [0.29, 0.717) is 24.7 Å². The number of aliphatic carboxylic acids is 1. The number of benzene rings is 2. The highest BCUT2D eigenvalue weighted by molar-refractivity contribution is 5.71. The maximum Gasteiger partial charge on any atom is 0.306 e. The fourth-order valence-corrected chi connectivity index (χ4v) is 4.83. The summed E-state index contributed by atoms with van der Waals surface area (Å²) < 4.78 is 16.8. The van der Waals surface area contributed by atoms with Crippen LogP contribution < -0.4 is 19.5 Å². The second kappa shape index (κ2) is 10.5. The zero-order valence-corrected chi connectivity index (χ0v) is 20.6. The summed E-state index contributed by atoms with van der Waals surface area (Å²) in [6.07, 6.45) is 4.50. The Morgan fingerprint density at radius 1 is 1.22 bits per heavy atom. The van der Waals surface area contributed by atoms with Gasteiger partial charge in [0.15, 0.2) is 17.3 Å². The number of fused-ring (bicyclic) bond motifs is 2. The van der Waals surface area contributed by atoms with Crippen LogP contribution in [0.5, 0.6) is 17.2 Å². The number of carboxylic acid groups (broad SMARTS) is 1. The number of hydrogen-bond acceptors (Lipinski definition) is 7. The van der Waals surface area contributed by atoms with Crippen molar-refractivity contribution < 1.29 is 24.1 Å². The molecule has 0 amide bonds. The quantitative estimate of drug-likeness (QED) is 0.402. The van der Waals surface area contributed by atoms with E-state index in [1.807, 2.05) is 43.5 Å². The molecule has 0 fully saturated rings. The lowest BCUT2D eigenvalue weighted by molar-refractivity contribution is -0.141. The third-order valence-corrected chi connectivity index (χ3v) is 7.00. The second-order valence-corrected chi connectivity index (χ2v) is 9.40. The second-order valence-electron chi connectivity index (χ2n) is 9.40. The van der Waals surface area contributed by atoms with Crippen LogP contribution in [0.25, 0.3) is 11.4 Å². The Morgan fingerprint density at radius 2 is 2.08 bits per heavy atom. The molecule has 188 valence electrons. The Hall–Kier alpha value is -3.65. The van der Waals surface area contributed by atoms with Crippen LogP contribution in [0, 0.1) is 12.8 Å². The zero-order valence-electron chi connectivity index (χ0n) is 20.6. The average molecular weight is 490 g/mol. The molecule has 0 spiro atoms. The van der Waals surface area contributed by atoms with Crippen molar-refractivity contribution in [1.29, 1.82) is 0 Å². The van der Waals surface area contributed by atoms with Crippen molar-refractivity contribution in [2.75, 3.05) is 19.9 Å². The molecule has 0 saturated heterocycles. The van der Waals surface area contributed by atoms with Crippen molar-refractivity contribution >= 4 is 5.97 Å². The molecule has 2 N–H and O–H groups in total. The number of carboxylic acids is 1. The molecule has 1 aliphatic heterocycles. The van der Waals surface area contributed by atoms with E-state index in [9.17, 15) is 9.90 Å². The maximum absolute atomic E-state index is 11.4. The maximum atomic E-state index is 11.4. The van der Waals surface area contributed by atoms with Crippen LogP contribution in [0.1, 0.15) is 48.1 Å². The average Bonchev–Trinajstić information content (AvgIpc) is 3.52. The molecule has 5 rings (SSSR count). The largest absolute Gasteiger partial charge is 0.494 e. The highest BCUT2D eigenvalue weighted by Gasteiger charge is 2.31. The Morgan fingerprint density at radius 3 is 2.94 bits per heavy atom. The van der Waals surface area contributed by atoms with Gasteiger partial charge in [-0.25, -0.2) is 9.97 Å². The summed E-state index contributed by atoms with van der Waals surface area (Å²) in [7, 11) is 0. The van der Waals surface area contributed by atoms with Gasteiger partial charge in [-0.2, -0.15) is 0 Å². The van der Waals surface area contributed by atoms with Gasteiger partial charge in [0.2, 0.25) is 6.79 Å². The third kappa shape index (κ3) is 5.14. The predicted molar refractivity (Wildman–Crippen MR) is 134 cm³/mol. The van der Waals surface area contributed by atoms with Gasteiger partial charge < -0.3 is 24.6 Å². The number of rotatable bonds is 10. The fraction of sp³-hybridized carbons (Fsp3) is 0.393. The summed E-state index contributed by atoms with van der Waals surface area (Å²) in [6, 6.07) is 11.8. The normalized spacial score (nSPS) is 16.6. The first-order valence-electron chi connectivity index (χ1n) is 12.4. The van der Waals surface area contributed by atoms with Gasteiger partial charge in [0.1, 0.15) is 5.75 Å². The lowest BCUT2D eigenvalue weighted by atomic mass is 9.89. The van der Waals surface area contributed by atoms with Gasteiger partial charge >= 0.3 is 5.97 Å². The molecule has 36 heavy (non-hydrogen) atoms. The van der Waals surface area contributed by atoms with Gasteiger partial charge in [-0.1, -0.05) is 13.0 Å². The first-order valence-corrected chi connectivity index (χ1v) is 12.4. The van der Waals surface area contributed by atoms with Crippen molar-refractivity contribution in [3.8, 4) is 28.6 Å². The van der Waals surface area contributed by atoms with Crippen molar-refractivity contribution in [2.45, 2.75) is 45.6 Å². The van der Waals surface area contributed by atoms with E-state index < -0.39 is 5.97 Å². The summed E-state index contributed by atoms with van der Waals surface area (Å²) in [5, 5.41) is 12.8. The topological polar surface area (TPSA) is 103 Å². The molecule has 3 aromatic rings. The van der Waals surface area contributed by atoms with Crippen LogP contribution >= 0.6 is 0 Å². The molecule has 0 unspecified atom stereocenters. The number of ether oxygens (including phenoxy) is 3. The zero-order chi connectivity index (χ0) is 25.1. The monoisotopic (exact) mass is 489 g/mol. The molecule has 0 saturated carbocycles. The number of nitrogens with one attached hydrogen (secondary N) is 1. The van der Waals surface area contributed by atoms with Gasteiger partial charge in [0.05, 0.1) is 18.2 Å². The van der Waals surface area contributed by atoms with E-state index in [1.165, 1.54) is 5.56 Å². The SMILES string of the molecule is Cc1cnc(-c2ccc3c(c2)OCO3)nc1CNCCCOc1ccc2c(c1)CC[C@H]2[C@H](C)C(=O)O. The molecule has 0 bridgehead atoms. The van der Waals surface area contributed by atoms with E-state index in [0.717, 1.165) is 59.7 Å². The van der Waals surface area contributed by atoms with Crippen LogP contribution in [0.15, 0.2) is 42.6 Å². The van der Waals surface area contributed by atoms with Crippen LogP contribution in [-0.2, 0) is 17.8 Å². The van der Waals surface area contributed by atoms with Crippen LogP contribution in [0.3, 0.4) is 0 Å². The van der Waals surface area contributed by atoms with Crippen molar-refractivity contribution in [3.05, 3.63) is 65.0 Å². The molecule has 1 aliphatic carbocycles. The van der Waals surface area contributed by atoms with Crippen molar-refractivity contribution in [3.63, 3.8) is 0 Å². The minimum Gasteiger partial charge on any atom is -0.494 e. The summed E-state index contributed by atoms with van der Waals surface area (Å²) in [5.41, 5.74) is 5.26. The van der Waals surface area contributed by atoms with E-state index in [1.54, 1.807) is 6.92 Å². The van der Waals surface area contributed by atoms with E-state index in [4.69, 9.17) is 19.2 Å². The van der Waals surface area contributed by atoms with Crippen molar-refractivity contribution in [1.82, 2.24) is 15.3 Å². The lowest BCUT2D eigenvalue weighted by Gasteiger charge is -2.16. The minimum atomic E-state index is -0.734. The number of hydrogen-bond donors (Lipinski definition) is 2. The summed E-state index contributed by atoms with van der Waals surface area (Å²) >= 11 is 0. The summed E-state index contributed by atoms with van der Waals surface area (Å²) in [6.45, 7) is 6.09. The Labute approximate surface area is 210 Å². The molecule has 2 atom stereocenters. The fourth-order valence-electron chi connectivity index (χ4n) is 4.83. The minimum absolute atomic E-state index is 0.0894. The molecule has 0 radical (unpaired) electrons. The first-order chi connectivity index (χ1) is 17.5. The number of aryl methyl sites for hydroxylation is 2. The predicted octanol–water partition coefficient (Wildman–Crippen LogP) is 4.49. The van der Waals surface area contributed by atoms with Crippen molar-refractivity contribution in [2.24, 2.45) is 5.92 Å². The van der Waals surface area contributed by atoms with Crippen LogP contribution in [-0.4, -0.2) is 41.0 Å². The van der Waals surface area contributed by atoms with Gasteiger partial charge in [-0.15, -0.1) is 0 Å². The first kappa shape index (κ1) is 24.1. The smallest absolute Gasteiger partial charge is 0.306 e. The molecule has 1 aromatic heterocycles. The molecular formula is C28H31N3O5. The highest BCUT2D eigenvalue weighted by atomic mass is 16.7. The molecular weight excluding hydrogens is 458 g/mol. The lowest BCUT2D eigenvalue weighted by Crippen LogP contribution is -2.19. The molecule has 8 heteroatoms. The standard InChI is InChI=1S/C28H31N3O5/c1-17-14-30-27(20-5-9-25-26(13-20)36-16-35-25)31-24(17)15-29-10-3-11-34-21-6-8-23-19(12-21)4-7-22(23)18(2)28(32)33/h5-6,8-9,12-14,18,22,29H,3-4,7,10-11,15-16H2,1-2H3,(H,32,33)/t18-,22-/m0/s1. The van der Waals surface area contributed by atoms with Crippen LogP contribution in [0.2, 0.25) is 0 Å². The van der Waals surface area contributed by atoms with E-state index >= 15 is 0 Å². The number of nitrogens with zero attached hydrogens (tertiary/aromatic N) is 2.